The second kappa shape index (κ2) is 10.1. The molecule has 1 aromatic rings. The van der Waals surface area contributed by atoms with E-state index in [1.807, 2.05) is 0 Å². The molecule has 0 bridgehead atoms. The fourth-order valence-corrected chi connectivity index (χ4v) is 4.66. The van der Waals surface area contributed by atoms with Gasteiger partial charge in [-0.25, -0.2) is 8.42 Å². The number of halogens is 3. The van der Waals surface area contributed by atoms with E-state index >= 15 is 0 Å². The Labute approximate surface area is 174 Å². The average molecular weight is 449 g/mol. The van der Waals surface area contributed by atoms with Gasteiger partial charge in [0.2, 0.25) is 10.0 Å². The molecule has 1 fully saturated rings. The minimum Gasteiger partial charge on any atom is -0.379 e. The van der Waals surface area contributed by atoms with Gasteiger partial charge in [0, 0.05) is 44.8 Å². The number of nitrogens with zero attached hydrogens (tertiary/aromatic N) is 2. The van der Waals surface area contributed by atoms with E-state index in [0.717, 1.165) is 25.2 Å². The third kappa shape index (κ3) is 6.67. The van der Waals surface area contributed by atoms with Crippen molar-refractivity contribution in [3.63, 3.8) is 0 Å². The van der Waals surface area contributed by atoms with E-state index in [0.29, 0.717) is 44.0 Å². The molecule has 2 aliphatic heterocycles. The molecule has 0 spiro atoms. The van der Waals surface area contributed by atoms with E-state index in [9.17, 15) is 21.6 Å². The average Bonchev–Trinajstić information content (AvgIpc) is 2.73. The summed E-state index contributed by atoms with van der Waals surface area (Å²) in [5, 5.41) is 0. The molecule has 0 saturated carbocycles. The van der Waals surface area contributed by atoms with Crippen LogP contribution < -0.4 is 5.48 Å². The molecule has 11 heteroatoms. The van der Waals surface area contributed by atoms with Gasteiger partial charge in [0.15, 0.2) is 0 Å². The topological polar surface area (TPSA) is 71.1 Å². The predicted molar refractivity (Wildman–Crippen MR) is 105 cm³/mol. The van der Waals surface area contributed by atoms with Crippen LogP contribution in [0.3, 0.4) is 0 Å². The first-order valence-corrected chi connectivity index (χ1v) is 11.4. The second-order valence-electron chi connectivity index (χ2n) is 7.20. The number of benzene rings is 1. The SMILES string of the molecule is O=S(=O)(CCN1CCOCC1)N1CC=C(NOCc2cccc(C(F)(F)F)c2)CC1. The Bertz CT molecular complexity index is 840. The van der Waals surface area contributed by atoms with Gasteiger partial charge in [-0.15, -0.1) is 0 Å². The van der Waals surface area contributed by atoms with Crippen molar-refractivity contribution in [2.24, 2.45) is 0 Å². The largest absolute Gasteiger partial charge is 0.416 e. The molecular formula is C19H26F3N3O4S. The van der Waals surface area contributed by atoms with Crippen molar-refractivity contribution in [3.05, 3.63) is 47.2 Å². The fraction of sp³-hybridized carbons (Fsp3) is 0.579. The maximum atomic E-state index is 12.7. The Hall–Kier alpha value is -1.66. The molecule has 0 aromatic heterocycles. The van der Waals surface area contributed by atoms with Crippen molar-refractivity contribution in [2.45, 2.75) is 19.2 Å². The van der Waals surface area contributed by atoms with Crippen molar-refractivity contribution in [1.29, 1.82) is 0 Å². The van der Waals surface area contributed by atoms with E-state index in [2.05, 4.69) is 10.4 Å². The first kappa shape index (κ1) is 23.0. The second-order valence-corrected chi connectivity index (χ2v) is 9.28. The molecule has 168 valence electrons. The van der Waals surface area contributed by atoms with Gasteiger partial charge < -0.3 is 4.74 Å². The molecule has 1 saturated heterocycles. The summed E-state index contributed by atoms with van der Waals surface area (Å²) in [5.74, 6) is 0.0651. The number of rotatable bonds is 8. The molecule has 3 rings (SSSR count). The zero-order valence-corrected chi connectivity index (χ0v) is 17.3. The molecule has 0 radical (unpaired) electrons. The van der Waals surface area contributed by atoms with Gasteiger partial charge in [0.25, 0.3) is 0 Å². The number of sulfonamides is 1. The zero-order chi connectivity index (χ0) is 21.6. The van der Waals surface area contributed by atoms with Crippen LogP contribution in [-0.4, -0.2) is 69.3 Å². The quantitative estimate of drug-likeness (QED) is 0.612. The first-order chi connectivity index (χ1) is 14.2. The number of hydroxylamine groups is 1. The molecule has 1 aromatic carbocycles. The molecule has 7 nitrogen and oxygen atoms in total. The van der Waals surface area contributed by atoms with Crippen molar-refractivity contribution in [1.82, 2.24) is 14.7 Å². The van der Waals surface area contributed by atoms with Gasteiger partial charge in [0.05, 0.1) is 31.1 Å². The van der Waals surface area contributed by atoms with Gasteiger partial charge >= 0.3 is 6.18 Å². The molecule has 0 atom stereocenters. The Morgan fingerprint density at radius 2 is 1.93 bits per heavy atom. The van der Waals surface area contributed by atoms with Crippen molar-refractivity contribution in [2.75, 3.05) is 51.7 Å². The normalized spacial score (nSPS) is 19.5. The van der Waals surface area contributed by atoms with Gasteiger partial charge in [-0.3, -0.25) is 15.2 Å². The summed E-state index contributed by atoms with van der Waals surface area (Å²) < 4.78 is 70.0. The Morgan fingerprint density at radius 1 is 1.17 bits per heavy atom. The maximum Gasteiger partial charge on any atom is 0.416 e. The van der Waals surface area contributed by atoms with E-state index in [1.54, 1.807) is 12.1 Å². The van der Waals surface area contributed by atoms with Gasteiger partial charge in [-0.1, -0.05) is 12.1 Å². The van der Waals surface area contributed by atoms with Crippen LogP contribution in [0.2, 0.25) is 0 Å². The van der Waals surface area contributed by atoms with Crippen molar-refractivity contribution < 1.29 is 31.2 Å². The fourth-order valence-electron chi connectivity index (χ4n) is 3.24. The number of hydrogen-bond acceptors (Lipinski definition) is 6. The highest BCUT2D eigenvalue weighted by molar-refractivity contribution is 7.89. The Balaban J connectivity index is 1.43. The molecule has 2 aliphatic rings. The Morgan fingerprint density at radius 3 is 2.60 bits per heavy atom. The smallest absolute Gasteiger partial charge is 0.379 e. The molecule has 0 aliphatic carbocycles. The molecule has 1 N–H and O–H groups in total. The summed E-state index contributed by atoms with van der Waals surface area (Å²) in [6.45, 7) is 3.75. The lowest BCUT2D eigenvalue weighted by atomic mass is 10.1. The third-order valence-electron chi connectivity index (χ3n) is 5.03. The summed E-state index contributed by atoms with van der Waals surface area (Å²) in [6.07, 6.45) is -2.23. The van der Waals surface area contributed by atoms with Gasteiger partial charge in [0.1, 0.15) is 0 Å². The van der Waals surface area contributed by atoms with Crippen molar-refractivity contribution in [3.8, 4) is 0 Å². The lowest BCUT2D eigenvalue weighted by Crippen LogP contribution is -2.43. The van der Waals surface area contributed by atoms with Crippen LogP contribution in [0.4, 0.5) is 13.2 Å². The van der Waals surface area contributed by atoms with Crippen LogP contribution in [0.1, 0.15) is 17.5 Å². The molecule has 2 heterocycles. The number of alkyl halides is 3. The van der Waals surface area contributed by atoms with E-state index < -0.39 is 21.8 Å². The van der Waals surface area contributed by atoms with Gasteiger partial charge in [-0.05, 0) is 23.8 Å². The van der Waals surface area contributed by atoms with Crippen LogP contribution in [0.5, 0.6) is 0 Å². The van der Waals surface area contributed by atoms with E-state index in [4.69, 9.17) is 9.57 Å². The summed E-state index contributed by atoms with van der Waals surface area (Å²) in [7, 11) is -3.36. The van der Waals surface area contributed by atoms with Gasteiger partial charge in [-0.2, -0.15) is 17.5 Å². The summed E-state index contributed by atoms with van der Waals surface area (Å²) in [6, 6.07) is 4.93. The Kier molecular flexibility index (Phi) is 7.75. The van der Waals surface area contributed by atoms with Crippen LogP contribution >= 0.6 is 0 Å². The van der Waals surface area contributed by atoms with E-state index in [-0.39, 0.29) is 18.9 Å². The number of morpholine rings is 1. The molecule has 30 heavy (non-hydrogen) atoms. The van der Waals surface area contributed by atoms with Crippen LogP contribution in [0, 0.1) is 0 Å². The minimum atomic E-state index is -4.40. The lowest BCUT2D eigenvalue weighted by Gasteiger charge is -2.29. The first-order valence-electron chi connectivity index (χ1n) is 9.75. The third-order valence-corrected chi connectivity index (χ3v) is 6.85. The highest BCUT2D eigenvalue weighted by Crippen LogP contribution is 2.29. The van der Waals surface area contributed by atoms with Crippen LogP contribution in [-0.2, 0) is 32.4 Å². The summed E-state index contributed by atoms with van der Waals surface area (Å²) in [4.78, 5) is 7.38. The van der Waals surface area contributed by atoms with Crippen molar-refractivity contribution >= 4 is 10.0 Å². The monoisotopic (exact) mass is 449 g/mol. The summed E-state index contributed by atoms with van der Waals surface area (Å²) >= 11 is 0. The number of nitrogens with one attached hydrogen (secondary N) is 1. The highest BCUT2D eigenvalue weighted by atomic mass is 32.2. The van der Waals surface area contributed by atoms with E-state index in [1.165, 1.54) is 10.4 Å². The zero-order valence-electron chi connectivity index (χ0n) is 16.5. The minimum absolute atomic E-state index is 0.0389. The lowest BCUT2D eigenvalue weighted by molar-refractivity contribution is -0.137. The standard InChI is InChI=1S/C19H26F3N3O4S/c20-19(21,22)17-3-1-2-16(14-17)15-29-23-18-4-6-25(7-5-18)30(26,27)13-10-24-8-11-28-12-9-24/h1-4,14,23H,5-13,15H2. The summed E-state index contributed by atoms with van der Waals surface area (Å²) in [5.41, 5.74) is 3.10. The predicted octanol–water partition coefficient (Wildman–Crippen LogP) is 1.98. The molecule has 0 amide bonds. The number of hydrogen-bond donors (Lipinski definition) is 1. The maximum absolute atomic E-state index is 12.7. The highest BCUT2D eigenvalue weighted by Gasteiger charge is 2.30. The van der Waals surface area contributed by atoms with Crippen LogP contribution in [0.25, 0.3) is 0 Å². The molecular weight excluding hydrogens is 423 g/mol. The number of ether oxygens (including phenoxy) is 1. The molecule has 0 unspecified atom stereocenters. The van der Waals surface area contributed by atoms with Crippen LogP contribution in [0.15, 0.2) is 36.0 Å².